The highest BCUT2D eigenvalue weighted by Crippen LogP contribution is 2.36. The molecule has 17 heteroatoms. The van der Waals surface area contributed by atoms with Crippen molar-refractivity contribution in [2.45, 2.75) is 73.9 Å². The van der Waals surface area contributed by atoms with E-state index in [1.54, 1.807) is 34.3 Å². The van der Waals surface area contributed by atoms with E-state index in [1.807, 2.05) is 12.2 Å². The van der Waals surface area contributed by atoms with Crippen molar-refractivity contribution >= 4 is 10.0 Å². The summed E-state index contributed by atoms with van der Waals surface area (Å²) < 4.78 is 83.2. The Kier molecular flexibility index (Phi) is 9.39. The third-order valence-corrected chi connectivity index (χ3v) is 11.8. The van der Waals surface area contributed by atoms with Crippen molar-refractivity contribution in [3.05, 3.63) is 72.0 Å². The van der Waals surface area contributed by atoms with E-state index < -0.39 is 69.3 Å². The number of aliphatic hydroxyl groups is 2. The Labute approximate surface area is 269 Å². The first kappa shape index (κ1) is 33.4. The third kappa shape index (κ3) is 6.27. The molecule has 0 bridgehead atoms. The van der Waals surface area contributed by atoms with E-state index in [4.69, 9.17) is 9.47 Å². The van der Waals surface area contributed by atoms with Crippen LogP contribution < -0.4 is 0 Å². The highest BCUT2D eigenvalue weighted by molar-refractivity contribution is 7.90. The van der Waals surface area contributed by atoms with Crippen LogP contribution in [0.2, 0.25) is 0 Å². The summed E-state index contributed by atoms with van der Waals surface area (Å²) in [5.74, 6) is -4.39. The first-order chi connectivity index (χ1) is 22.5. The molecule has 1 unspecified atom stereocenters. The van der Waals surface area contributed by atoms with Crippen LogP contribution >= 0.6 is 0 Å². The molecule has 3 aliphatic rings. The molecule has 254 valence electrons. The van der Waals surface area contributed by atoms with Crippen molar-refractivity contribution in [3.63, 3.8) is 0 Å². The van der Waals surface area contributed by atoms with Crippen LogP contribution in [-0.2, 0) is 26.0 Å². The Bertz CT molecular complexity index is 1740. The molecule has 2 N–H and O–H groups in total. The van der Waals surface area contributed by atoms with Gasteiger partial charge in [0.05, 0.1) is 25.0 Å². The Morgan fingerprint density at radius 1 is 1.06 bits per heavy atom. The Balaban J connectivity index is 1.16. The van der Waals surface area contributed by atoms with E-state index in [1.165, 1.54) is 18.0 Å². The zero-order valence-corrected chi connectivity index (χ0v) is 26.5. The molecule has 1 aliphatic carbocycles. The highest BCUT2D eigenvalue weighted by Gasteiger charge is 2.47. The van der Waals surface area contributed by atoms with E-state index in [2.05, 4.69) is 20.6 Å². The summed E-state index contributed by atoms with van der Waals surface area (Å²) in [6, 6.07) is 0.632. The molecule has 1 aromatic carbocycles. The fraction of sp³-hybridized carbons (Fsp3) is 0.533. The normalized spacial score (nSPS) is 29.0. The van der Waals surface area contributed by atoms with Crippen molar-refractivity contribution in [2.24, 2.45) is 0 Å². The predicted molar refractivity (Wildman–Crippen MR) is 161 cm³/mol. The minimum Gasteiger partial charge on any atom is -0.394 e. The lowest BCUT2D eigenvalue weighted by Crippen LogP contribution is -2.57. The van der Waals surface area contributed by atoms with Gasteiger partial charge in [-0.25, -0.2) is 35.3 Å². The zero-order chi connectivity index (χ0) is 33.5. The molecular formula is C30H36F3N7O6S. The number of nitrogens with zero attached hydrogens (tertiary/aromatic N) is 7. The molecule has 2 fully saturated rings. The SMILES string of the molecule is CO[C@@H]1[C@@H](n2cc(-c3cc(F)c(F)c(F)c3)nn2)[C@@H](O)[C@@H](CO)O[C@@H]1Cn1cc(C2CCN(S(=O)(=O)C3(C)C=CC=CC3)CC2)nn1. The molecule has 0 spiro atoms. The van der Waals surface area contributed by atoms with Crippen LogP contribution in [0.5, 0.6) is 0 Å². The van der Waals surface area contributed by atoms with Gasteiger partial charge >= 0.3 is 0 Å². The number of hydrogen-bond acceptors (Lipinski definition) is 10. The first-order valence-corrected chi connectivity index (χ1v) is 16.7. The summed E-state index contributed by atoms with van der Waals surface area (Å²) in [5.41, 5.74) is 0.664. The Hall–Kier alpha value is -3.48. The fourth-order valence-electron chi connectivity index (χ4n) is 6.53. The summed E-state index contributed by atoms with van der Waals surface area (Å²) in [6.45, 7) is 2.04. The summed E-state index contributed by atoms with van der Waals surface area (Å²) >= 11 is 0. The lowest BCUT2D eigenvalue weighted by molar-refractivity contribution is -0.216. The number of aliphatic hydroxyl groups excluding tert-OH is 2. The standard InChI is InChI=1S/C30H36F3N7O6S/c1-30(8-4-3-5-9-30)47(43,44)39-10-6-18(7-11-39)22-14-38(36-34-22)16-24-29(45-2)27(28(42)25(17-41)46-24)40-15-23(35-37-40)19-12-20(31)26(33)21(32)13-19/h3-5,8,12-15,18,24-25,27-29,41-42H,6-7,9-11,16-17H2,1-2H3/t24-,25-,27+,28+,29+,30?/m1/s1. The highest BCUT2D eigenvalue weighted by atomic mass is 32.2. The lowest BCUT2D eigenvalue weighted by atomic mass is 9.92. The average molecular weight is 680 g/mol. The van der Waals surface area contributed by atoms with Gasteiger partial charge in [-0.3, -0.25) is 0 Å². The van der Waals surface area contributed by atoms with Gasteiger partial charge in [0, 0.05) is 37.9 Å². The number of hydrogen-bond donors (Lipinski definition) is 2. The molecule has 47 heavy (non-hydrogen) atoms. The summed E-state index contributed by atoms with van der Waals surface area (Å²) in [4.78, 5) is 0. The van der Waals surface area contributed by atoms with Gasteiger partial charge < -0.3 is 19.7 Å². The molecule has 4 heterocycles. The van der Waals surface area contributed by atoms with Crippen LogP contribution in [0.1, 0.15) is 43.8 Å². The van der Waals surface area contributed by atoms with Crippen molar-refractivity contribution in [2.75, 3.05) is 26.8 Å². The second-order valence-electron chi connectivity index (χ2n) is 12.3. The number of ether oxygens (including phenoxy) is 2. The number of sulfonamides is 1. The number of benzene rings is 1. The number of halogens is 3. The third-order valence-electron chi connectivity index (χ3n) is 9.27. The van der Waals surface area contributed by atoms with E-state index in [0.29, 0.717) is 38.0 Å². The molecule has 0 radical (unpaired) electrons. The lowest BCUT2D eigenvalue weighted by Gasteiger charge is -2.43. The van der Waals surface area contributed by atoms with E-state index in [-0.39, 0.29) is 23.7 Å². The average Bonchev–Trinajstić information content (AvgIpc) is 3.75. The minimum absolute atomic E-state index is 0.00948. The molecule has 13 nitrogen and oxygen atoms in total. The van der Waals surface area contributed by atoms with Gasteiger partial charge in [-0.2, -0.15) is 0 Å². The van der Waals surface area contributed by atoms with Gasteiger partial charge in [-0.15, -0.1) is 10.2 Å². The van der Waals surface area contributed by atoms with Crippen LogP contribution in [0.25, 0.3) is 11.3 Å². The molecule has 2 saturated heterocycles. The van der Waals surface area contributed by atoms with Gasteiger partial charge in [-0.05, 0) is 38.3 Å². The van der Waals surface area contributed by atoms with Crippen molar-refractivity contribution in [1.82, 2.24) is 34.3 Å². The zero-order valence-electron chi connectivity index (χ0n) is 25.7. The Morgan fingerprint density at radius 2 is 1.79 bits per heavy atom. The fourth-order valence-corrected chi connectivity index (χ4v) is 8.37. The monoisotopic (exact) mass is 679 g/mol. The maximum Gasteiger partial charge on any atom is 0.223 e. The number of allylic oxidation sites excluding steroid dienone is 3. The number of rotatable bonds is 9. The van der Waals surface area contributed by atoms with Gasteiger partial charge in [0.2, 0.25) is 10.0 Å². The molecule has 0 amide bonds. The van der Waals surface area contributed by atoms with Gasteiger partial charge in [0.1, 0.15) is 40.9 Å². The number of piperidine rings is 1. The number of methoxy groups -OCH3 is 1. The first-order valence-electron chi connectivity index (χ1n) is 15.2. The van der Waals surface area contributed by atoms with Crippen LogP contribution in [0.15, 0.2) is 48.8 Å². The Morgan fingerprint density at radius 3 is 2.43 bits per heavy atom. The summed E-state index contributed by atoms with van der Waals surface area (Å²) in [6.07, 6.45) is 7.91. The smallest absolute Gasteiger partial charge is 0.223 e. The molecule has 6 atom stereocenters. The summed E-state index contributed by atoms with van der Waals surface area (Å²) in [7, 11) is -2.14. The quantitative estimate of drug-likeness (QED) is 0.321. The van der Waals surface area contributed by atoms with Crippen LogP contribution in [0.4, 0.5) is 13.2 Å². The van der Waals surface area contributed by atoms with Gasteiger partial charge in [0.25, 0.3) is 0 Å². The number of aromatic nitrogens is 6. The predicted octanol–water partition coefficient (Wildman–Crippen LogP) is 2.11. The van der Waals surface area contributed by atoms with E-state index in [0.717, 1.165) is 12.1 Å². The van der Waals surface area contributed by atoms with E-state index >= 15 is 0 Å². The van der Waals surface area contributed by atoms with Gasteiger partial charge in [0.15, 0.2) is 17.5 Å². The molecule has 0 saturated carbocycles. The largest absolute Gasteiger partial charge is 0.394 e. The van der Waals surface area contributed by atoms with Crippen LogP contribution in [0, 0.1) is 17.5 Å². The van der Waals surface area contributed by atoms with Crippen LogP contribution in [-0.4, -0.2) is 109 Å². The van der Waals surface area contributed by atoms with Crippen molar-refractivity contribution < 1.29 is 41.3 Å². The van der Waals surface area contributed by atoms with Crippen molar-refractivity contribution in [3.8, 4) is 11.3 Å². The minimum atomic E-state index is -3.55. The molecule has 6 rings (SSSR count). The molecular weight excluding hydrogens is 643 g/mol. The molecule has 2 aliphatic heterocycles. The summed E-state index contributed by atoms with van der Waals surface area (Å²) in [5, 5.41) is 37.7. The molecule has 2 aromatic heterocycles. The van der Waals surface area contributed by atoms with Crippen molar-refractivity contribution in [1.29, 1.82) is 0 Å². The second-order valence-corrected chi connectivity index (χ2v) is 14.7. The maximum absolute atomic E-state index is 13.9. The topological polar surface area (TPSA) is 158 Å². The second kappa shape index (κ2) is 13.2. The van der Waals surface area contributed by atoms with E-state index in [9.17, 15) is 31.8 Å². The molecule has 3 aromatic rings. The maximum atomic E-state index is 13.9. The van der Waals surface area contributed by atoms with Crippen LogP contribution in [0.3, 0.4) is 0 Å². The van der Waals surface area contributed by atoms with Gasteiger partial charge in [-0.1, -0.05) is 34.7 Å².